The van der Waals surface area contributed by atoms with Gasteiger partial charge in [0.25, 0.3) is 0 Å². The normalized spacial score (nSPS) is 29.6. The van der Waals surface area contributed by atoms with Gasteiger partial charge in [-0.05, 0) is 43.2 Å². The van der Waals surface area contributed by atoms with Crippen molar-refractivity contribution in [2.24, 2.45) is 23.7 Å². The van der Waals surface area contributed by atoms with Crippen molar-refractivity contribution >= 4 is 17.6 Å². The van der Waals surface area contributed by atoms with E-state index in [0.717, 1.165) is 23.2 Å². The summed E-state index contributed by atoms with van der Waals surface area (Å²) in [5, 5.41) is 14.3. The van der Waals surface area contributed by atoms with Gasteiger partial charge in [0.15, 0.2) is 0 Å². The van der Waals surface area contributed by atoms with Crippen LogP contribution in [0.15, 0.2) is 30.4 Å². The molecule has 3 rings (SSSR count). The molecule has 0 spiro atoms. The van der Waals surface area contributed by atoms with Crippen LogP contribution in [0.5, 0.6) is 0 Å². The van der Waals surface area contributed by atoms with Crippen LogP contribution in [0.25, 0.3) is 0 Å². The number of carbonyl (C=O) groups excluding carboxylic acids is 2. The second kappa shape index (κ2) is 5.02. The number of carboxylic acid groups (broad SMARTS) is 1. The Morgan fingerprint density at radius 3 is 2.24 bits per heavy atom. The monoisotopic (exact) mass is 284 g/mol. The smallest absolute Gasteiger partial charge is 0.228 e. The Balaban J connectivity index is 1.85. The van der Waals surface area contributed by atoms with Crippen LogP contribution in [-0.4, -0.2) is 11.9 Å². The zero-order valence-corrected chi connectivity index (χ0v) is 12.1. The summed E-state index contributed by atoms with van der Waals surface area (Å²) < 4.78 is 0. The van der Waals surface area contributed by atoms with Crippen LogP contribution < -0.4 is 10.4 Å². The van der Waals surface area contributed by atoms with E-state index in [2.05, 4.69) is 5.32 Å². The summed E-state index contributed by atoms with van der Waals surface area (Å²) >= 11 is 0. The maximum atomic E-state index is 12.6. The first kappa shape index (κ1) is 13.9. The van der Waals surface area contributed by atoms with E-state index in [4.69, 9.17) is 0 Å². The minimum absolute atomic E-state index is 0.0159. The van der Waals surface area contributed by atoms with E-state index in [1.165, 1.54) is 0 Å². The molecule has 1 amide bonds. The molecule has 2 aliphatic rings. The molecule has 21 heavy (non-hydrogen) atoms. The predicted molar refractivity (Wildman–Crippen MR) is 77.3 cm³/mol. The quantitative estimate of drug-likeness (QED) is 0.854. The highest BCUT2D eigenvalue weighted by Gasteiger charge is 2.48. The maximum Gasteiger partial charge on any atom is 0.228 e. The molecule has 110 valence electrons. The number of carbonyl (C=O) groups is 2. The number of para-hydroxylation sites is 1. The molecule has 0 aromatic heterocycles. The molecule has 1 aromatic carbocycles. The lowest BCUT2D eigenvalue weighted by Gasteiger charge is -2.28. The van der Waals surface area contributed by atoms with Gasteiger partial charge in [-0.2, -0.15) is 0 Å². The molecule has 1 fully saturated rings. The number of carboxylic acids is 1. The third-order valence-electron chi connectivity index (χ3n) is 4.76. The highest BCUT2D eigenvalue weighted by molar-refractivity contribution is 5.97. The summed E-state index contributed by atoms with van der Waals surface area (Å²) in [6.07, 6.45) is 4.62. The van der Waals surface area contributed by atoms with Crippen molar-refractivity contribution < 1.29 is 14.7 Å². The van der Waals surface area contributed by atoms with Gasteiger partial charge < -0.3 is 15.2 Å². The SMILES string of the molecule is Cc1cccc(C)c1NC(=O)[C@@H]1[C@@H](C(=O)[O-])[C@H]2C=C[C@H]1C2. The fourth-order valence-electron chi connectivity index (χ4n) is 3.72. The first-order valence-electron chi connectivity index (χ1n) is 7.25. The Kier molecular flexibility index (Phi) is 3.32. The molecule has 1 N–H and O–H groups in total. The number of anilines is 1. The van der Waals surface area contributed by atoms with Crippen LogP contribution in [0.4, 0.5) is 5.69 Å². The number of fused-ring (bicyclic) bond motifs is 2. The van der Waals surface area contributed by atoms with Gasteiger partial charge in [0.1, 0.15) is 0 Å². The van der Waals surface area contributed by atoms with Gasteiger partial charge >= 0.3 is 0 Å². The first-order chi connectivity index (χ1) is 9.99. The lowest BCUT2D eigenvalue weighted by atomic mass is 9.82. The molecule has 0 saturated heterocycles. The average molecular weight is 284 g/mol. The van der Waals surface area contributed by atoms with Crippen LogP contribution in [0.1, 0.15) is 17.5 Å². The molecule has 2 bridgehead atoms. The average Bonchev–Trinajstić information content (AvgIpc) is 3.03. The number of nitrogens with one attached hydrogen (secondary N) is 1. The van der Waals surface area contributed by atoms with Gasteiger partial charge in [0, 0.05) is 17.6 Å². The van der Waals surface area contributed by atoms with Crippen molar-refractivity contribution in [3.8, 4) is 0 Å². The fourth-order valence-corrected chi connectivity index (χ4v) is 3.72. The van der Waals surface area contributed by atoms with Gasteiger partial charge in [0.05, 0.1) is 5.92 Å². The van der Waals surface area contributed by atoms with E-state index in [1.54, 1.807) is 0 Å². The molecule has 1 saturated carbocycles. The van der Waals surface area contributed by atoms with E-state index in [1.807, 2.05) is 44.2 Å². The lowest BCUT2D eigenvalue weighted by Crippen LogP contribution is -2.43. The van der Waals surface area contributed by atoms with E-state index in [0.29, 0.717) is 0 Å². The zero-order chi connectivity index (χ0) is 15.1. The lowest BCUT2D eigenvalue weighted by molar-refractivity contribution is -0.313. The summed E-state index contributed by atoms with van der Waals surface area (Å²) in [5.74, 6) is -2.60. The molecule has 0 heterocycles. The van der Waals surface area contributed by atoms with Crippen LogP contribution in [0, 0.1) is 37.5 Å². The molecule has 4 nitrogen and oxygen atoms in total. The van der Waals surface area contributed by atoms with Crippen molar-refractivity contribution in [2.45, 2.75) is 20.3 Å². The summed E-state index contributed by atoms with van der Waals surface area (Å²) in [6.45, 7) is 3.86. The highest BCUT2D eigenvalue weighted by Crippen LogP contribution is 2.48. The van der Waals surface area contributed by atoms with E-state index >= 15 is 0 Å². The number of aliphatic carboxylic acids is 1. The fraction of sp³-hybridized carbons (Fsp3) is 0.412. The first-order valence-corrected chi connectivity index (χ1v) is 7.25. The van der Waals surface area contributed by atoms with Crippen LogP contribution in [0.2, 0.25) is 0 Å². The van der Waals surface area contributed by atoms with Crippen molar-refractivity contribution in [1.82, 2.24) is 0 Å². The second-order valence-corrected chi connectivity index (χ2v) is 6.07. The number of benzene rings is 1. The van der Waals surface area contributed by atoms with E-state index < -0.39 is 17.8 Å². The van der Waals surface area contributed by atoms with Crippen LogP contribution in [-0.2, 0) is 9.59 Å². The Hall–Kier alpha value is -2.10. The Bertz CT molecular complexity index is 615. The molecular formula is C17H18NO3-. The molecule has 4 heteroatoms. The third kappa shape index (κ3) is 2.24. The van der Waals surface area contributed by atoms with E-state index in [-0.39, 0.29) is 17.7 Å². The molecule has 0 aliphatic heterocycles. The van der Waals surface area contributed by atoms with Crippen molar-refractivity contribution in [3.63, 3.8) is 0 Å². The van der Waals surface area contributed by atoms with Gasteiger partial charge in [-0.3, -0.25) is 4.79 Å². The summed E-state index contributed by atoms with van der Waals surface area (Å²) in [5.41, 5.74) is 2.74. The number of hydrogen-bond donors (Lipinski definition) is 1. The maximum absolute atomic E-state index is 12.6. The Morgan fingerprint density at radius 2 is 1.67 bits per heavy atom. The molecule has 1 aromatic rings. The summed E-state index contributed by atoms with van der Waals surface area (Å²) in [7, 11) is 0. The van der Waals surface area contributed by atoms with Gasteiger partial charge in [-0.15, -0.1) is 0 Å². The number of allylic oxidation sites excluding steroid dienone is 2. The molecule has 0 unspecified atom stereocenters. The van der Waals surface area contributed by atoms with Crippen molar-refractivity contribution in [3.05, 3.63) is 41.5 Å². The number of hydrogen-bond acceptors (Lipinski definition) is 3. The minimum Gasteiger partial charge on any atom is -0.550 e. The molecular weight excluding hydrogens is 266 g/mol. The standard InChI is InChI=1S/C17H19NO3/c1-9-4-3-5-10(2)15(9)18-16(19)13-11-6-7-12(8-11)14(13)17(20)21/h3-7,11-14H,8H2,1-2H3,(H,18,19)(H,20,21)/p-1/t11-,12-,13-,14-/m0/s1. The largest absolute Gasteiger partial charge is 0.550 e. The molecule has 0 radical (unpaired) electrons. The van der Waals surface area contributed by atoms with E-state index in [9.17, 15) is 14.7 Å². The van der Waals surface area contributed by atoms with Crippen LogP contribution >= 0.6 is 0 Å². The molecule has 4 atom stereocenters. The summed E-state index contributed by atoms with van der Waals surface area (Å²) in [6, 6.07) is 5.80. The second-order valence-electron chi connectivity index (χ2n) is 6.07. The Morgan fingerprint density at radius 1 is 1.10 bits per heavy atom. The van der Waals surface area contributed by atoms with Gasteiger partial charge in [0.2, 0.25) is 5.91 Å². The number of rotatable bonds is 3. The third-order valence-corrected chi connectivity index (χ3v) is 4.76. The van der Waals surface area contributed by atoms with Gasteiger partial charge in [-0.1, -0.05) is 30.4 Å². The minimum atomic E-state index is -1.12. The van der Waals surface area contributed by atoms with Gasteiger partial charge in [-0.25, -0.2) is 0 Å². The topological polar surface area (TPSA) is 69.2 Å². The Labute approximate surface area is 123 Å². The molecule has 2 aliphatic carbocycles. The summed E-state index contributed by atoms with van der Waals surface area (Å²) in [4.78, 5) is 24.0. The number of amides is 1. The predicted octanol–water partition coefficient (Wildman–Crippen LogP) is 1.43. The van der Waals surface area contributed by atoms with Crippen LogP contribution in [0.3, 0.4) is 0 Å². The number of aryl methyl sites for hydroxylation is 2. The van der Waals surface area contributed by atoms with Crippen molar-refractivity contribution in [2.75, 3.05) is 5.32 Å². The zero-order valence-electron chi connectivity index (χ0n) is 12.1. The van der Waals surface area contributed by atoms with Crippen molar-refractivity contribution in [1.29, 1.82) is 0 Å². The highest BCUT2D eigenvalue weighted by atomic mass is 16.4.